The quantitative estimate of drug-likeness (QED) is 0.0372. The molecule has 0 unspecified atom stereocenters. The second kappa shape index (κ2) is 27.1. The molecule has 4 heterocycles. The number of phosphoric ester groups is 1. The van der Waals surface area contributed by atoms with Crippen molar-refractivity contribution in [3.63, 3.8) is 0 Å². The summed E-state index contributed by atoms with van der Waals surface area (Å²) in [5.74, 6) is -16.3. The summed E-state index contributed by atoms with van der Waals surface area (Å²) in [5, 5.41) is 4.93. The number of hydrogen-bond acceptors (Lipinski definition) is 25. The van der Waals surface area contributed by atoms with Gasteiger partial charge in [0.2, 0.25) is 0 Å². The molecule has 2 N–H and O–H groups in total. The largest absolute Gasteiger partial charge is 0.477 e. The standard InChI is InChI=1S/C40H56Cl3N2O25P/c1-7-9-11-60-71(55,61-12-10-8-2)70-40(36(52)57-6)14-23-30(45-38(54)66-23)33(69-40)31(63-21(4)47)25(62-20(3)46)19-59-39(35(51)56-5)13-22-29(44-37(53)65-22)34(68-39)32(67-28(50)17-43)24(64-27(49)16-42)18-58-26(48)15-41/h22-25,29-34H,7-19H2,1-6H3,(H,44,53)(H,45,54)/t22-,23-,24+,25+,29+,30+,31+,32+,33+,34+,39+,40-/m0/s1. The van der Waals surface area contributed by atoms with E-state index in [4.69, 9.17) is 105 Å². The number of esters is 7. The van der Waals surface area contributed by atoms with Crippen molar-refractivity contribution in [2.24, 2.45) is 0 Å². The zero-order valence-corrected chi connectivity index (χ0v) is 42.4. The molecule has 4 aliphatic rings. The van der Waals surface area contributed by atoms with Crippen molar-refractivity contribution in [1.82, 2.24) is 10.6 Å². The SMILES string of the molecule is CCCCOP(=O)(OCCCC)O[C@]1(C(=O)OC)C[C@@H]2OC(=O)N[C@H]2[C@H]([C@H](OC(C)=O)[C@@H](CO[C@]2(C(=O)OC)C[C@@H]3OC(=O)N[C@H]3[C@H]([C@H](OC(=O)CCl)[C@@H](COC(=O)CCl)OC(=O)CCl)O2)OC(C)=O)O1. The van der Waals surface area contributed by atoms with Crippen LogP contribution in [0.25, 0.3) is 0 Å². The van der Waals surface area contributed by atoms with Crippen molar-refractivity contribution in [1.29, 1.82) is 0 Å². The van der Waals surface area contributed by atoms with Gasteiger partial charge in [-0.1, -0.05) is 26.7 Å². The minimum absolute atomic E-state index is 0.177. The van der Waals surface area contributed by atoms with Crippen LogP contribution in [-0.4, -0.2) is 185 Å². The van der Waals surface area contributed by atoms with Gasteiger partial charge in [-0.3, -0.25) is 33.0 Å². The van der Waals surface area contributed by atoms with Gasteiger partial charge in [-0.2, -0.15) is 0 Å². The first-order valence-corrected chi connectivity index (χ1v) is 25.0. The predicted octanol–water partition coefficient (Wildman–Crippen LogP) is 1.98. The number of carbonyl (C=O) groups excluding carboxylic acids is 9. The minimum atomic E-state index is -4.80. The van der Waals surface area contributed by atoms with Crippen LogP contribution in [0.5, 0.6) is 0 Å². The van der Waals surface area contributed by atoms with Crippen LogP contribution in [-0.2, 0) is 109 Å². The molecule has 12 atom stereocenters. The number of alkyl halides is 3. The molecule has 402 valence electrons. The number of nitrogens with one attached hydrogen (secondary N) is 2. The molecule has 4 rings (SSSR count). The van der Waals surface area contributed by atoms with E-state index in [0.717, 1.165) is 28.1 Å². The Kier molecular flexibility index (Phi) is 22.6. The zero-order valence-electron chi connectivity index (χ0n) is 39.3. The molecule has 2 amide bonds. The normalized spacial score (nSPS) is 27.3. The lowest BCUT2D eigenvalue weighted by atomic mass is 9.88. The van der Waals surface area contributed by atoms with Gasteiger partial charge in [0.1, 0.15) is 48.7 Å². The molecule has 31 heteroatoms. The molecule has 0 aromatic rings. The van der Waals surface area contributed by atoms with E-state index < -0.39 is 178 Å². The van der Waals surface area contributed by atoms with Crippen molar-refractivity contribution < 1.29 is 118 Å². The number of unbranched alkanes of at least 4 members (excludes halogenated alkanes) is 2. The lowest BCUT2D eigenvalue weighted by molar-refractivity contribution is -0.318. The first-order valence-electron chi connectivity index (χ1n) is 21.9. The van der Waals surface area contributed by atoms with Gasteiger partial charge in [0.05, 0.1) is 59.0 Å². The maximum atomic E-state index is 14.4. The van der Waals surface area contributed by atoms with E-state index in [1.807, 2.05) is 13.8 Å². The molecule has 71 heavy (non-hydrogen) atoms. The molecular weight excluding hydrogens is 1050 g/mol. The predicted molar refractivity (Wildman–Crippen MR) is 233 cm³/mol. The van der Waals surface area contributed by atoms with Crippen LogP contribution in [0.1, 0.15) is 66.2 Å². The third-order valence-corrected chi connectivity index (χ3v) is 12.9. The van der Waals surface area contributed by atoms with Crippen molar-refractivity contribution >= 4 is 96.6 Å². The van der Waals surface area contributed by atoms with Crippen molar-refractivity contribution in [2.75, 3.05) is 58.3 Å². The average molecular weight is 1100 g/mol. The van der Waals surface area contributed by atoms with Crippen LogP contribution in [0.4, 0.5) is 9.59 Å². The third-order valence-electron chi connectivity index (χ3n) is 10.7. The number of alkyl carbamates (subject to hydrolysis) is 2. The Balaban J connectivity index is 1.86. The Hall–Kier alpha value is -4.31. The van der Waals surface area contributed by atoms with E-state index >= 15 is 0 Å². The van der Waals surface area contributed by atoms with E-state index in [1.54, 1.807) is 0 Å². The highest BCUT2D eigenvalue weighted by Gasteiger charge is 2.65. The van der Waals surface area contributed by atoms with Crippen LogP contribution in [0.2, 0.25) is 0 Å². The Labute approximate surface area is 421 Å². The fourth-order valence-corrected chi connectivity index (χ4v) is 9.32. The summed E-state index contributed by atoms with van der Waals surface area (Å²) in [5.41, 5.74) is 0. The highest BCUT2D eigenvalue weighted by atomic mass is 35.5. The molecule has 0 aromatic carbocycles. The van der Waals surface area contributed by atoms with Crippen LogP contribution in [0.3, 0.4) is 0 Å². The summed E-state index contributed by atoms with van der Waals surface area (Å²) in [4.78, 5) is 118. The second-order valence-corrected chi connectivity index (χ2v) is 18.2. The first kappa shape index (κ1) is 59.3. The van der Waals surface area contributed by atoms with Gasteiger partial charge in [-0.15, -0.1) is 34.8 Å². The number of hydrogen-bond donors (Lipinski definition) is 2. The summed E-state index contributed by atoms with van der Waals surface area (Å²) in [7, 11) is -2.98. The lowest BCUT2D eigenvalue weighted by Crippen LogP contribution is -2.67. The molecule has 4 saturated heterocycles. The summed E-state index contributed by atoms with van der Waals surface area (Å²) in [6, 6.07) is -2.80. The third kappa shape index (κ3) is 15.6. The summed E-state index contributed by atoms with van der Waals surface area (Å²) in [6.45, 7) is 3.15. The maximum absolute atomic E-state index is 14.4. The van der Waals surface area contributed by atoms with E-state index in [-0.39, 0.29) is 13.2 Å². The van der Waals surface area contributed by atoms with Gasteiger partial charge >= 0.3 is 61.8 Å². The first-order chi connectivity index (χ1) is 33.7. The molecular formula is C40H56Cl3N2O25P. The monoisotopic (exact) mass is 1100 g/mol. The number of halogens is 3. The van der Waals surface area contributed by atoms with Gasteiger partial charge in [-0.05, 0) is 12.8 Å². The van der Waals surface area contributed by atoms with Crippen molar-refractivity contribution in [3.8, 4) is 0 Å². The molecule has 0 saturated carbocycles. The highest BCUT2D eigenvalue weighted by molar-refractivity contribution is 7.48. The van der Waals surface area contributed by atoms with Gasteiger partial charge < -0.3 is 67.5 Å². The van der Waals surface area contributed by atoms with E-state index in [9.17, 15) is 47.7 Å². The Bertz CT molecular complexity index is 1970. The number of methoxy groups -OCH3 is 2. The smallest absolute Gasteiger partial charge is 0.465 e. The number of carbonyl (C=O) groups is 9. The van der Waals surface area contributed by atoms with Crippen molar-refractivity contribution in [3.05, 3.63) is 0 Å². The molecule has 0 bridgehead atoms. The van der Waals surface area contributed by atoms with Crippen LogP contribution in [0, 0.1) is 0 Å². The van der Waals surface area contributed by atoms with Crippen molar-refractivity contribution in [2.45, 2.75) is 139 Å². The number of phosphoric acid groups is 1. The number of rotatable bonds is 28. The Morgan fingerprint density at radius 3 is 1.59 bits per heavy atom. The average Bonchev–Trinajstić information content (AvgIpc) is 3.91. The number of amides is 2. The second-order valence-electron chi connectivity index (χ2n) is 15.8. The van der Waals surface area contributed by atoms with Gasteiger partial charge in [-0.25, -0.2) is 28.3 Å². The number of ether oxygens (including phenoxy) is 12. The highest BCUT2D eigenvalue weighted by Crippen LogP contribution is 2.56. The van der Waals surface area contributed by atoms with Crippen LogP contribution in [0.15, 0.2) is 0 Å². The molecule has 4 fully saturated rings. The molecule has 4 aliphatic heterocycles. The Morgan fingerprint density at radius 2 is 1.11 bits per heavy atom. The van der Waals surface area contributed by atoms with Crippen LogP contribution < -0.4 is 10.6 Å². The Morgan fingerprint density at radius 1 is 0.662 bits per heavy atom. The minimum Gasteiger partial charge on any atom is -0.465 e. The lowest BCUT2D eigenvalue weighted by Gasteiger charge is -2.47. The molecule has 0 radical (unpaired) electrons. The maximum Gasteiger partial charge on any atom is 0.477 e. The zero-order chi connectivity index (χ0) is 52.7. The fourth-order valence-electron chi connectivity index (χ4n) is 7.68. The van der Waals surface area contributed by atoms with E-state index in [1.165, 1.54) is 0 Å². The van der Waals surface area contributed by atoms with E-state index in [2.05, 4.69) is 10.6 Å². The van der Waals surface area contributed by atoms with Gasteiger partial charge in [0.15, 0.2) is 24.4 Å². The molecule has 0 aromatic heterocycles. The van der Waals surface area contributed by atoms with Gasteiger partial charge in [0, 0.05) is 13.8 Å². The van der Waals surface area contributed by atoms with Crippen LogP contribution >= 0.6 is 42.6 Å². The van der Waals surface area contributed by atoms with E-state index in [0.29, 0.717) is 25.7 Å². The summed E-state index contributed by atoms with van der Waals surface area (Å²) in [6.07, 6.45) is -16.3. The molecule has 27 nitrogen and oxygen atoms in total. The fraction of sp³-hybridized carbons (Fsp3) is 0.775. The molecule has 0 spiro atoms. The summed E-state index contributed by atoms with van der Waals surface area (Å²) >= 11 is 17.1. The molecule has 0 aliphatic carbocycles. The summed E-state index contributed by atoms with van der Waals surface area (Å²) < 4.78 is 98.6. The topological polar surface area (TPSA) is 333 Å². The number of fused-ring (bicyclic) bond motifs is 2. The van der Waals surface area contributed by atoms with Gasteiger partial charge in [0.25, 0.3) is 11.6 Å².